The first-order valence-corrected chi connectivity index (χ1v) is 5.17. The maximum atomic E-state index is 2.53. The highest BCUT2D eigenvalue weighted by atomic mass is 15.2. The van der Waals surface area contributed by atoms with Crippen molar-refractivity contribution in [3.8, 4) is 0 Å². The van der Waals surface area contributed by atoms with E-state index in [0.717, 1.165) is 5.92 Å². The molecule has 0 unspecified atom stereocenters. The van der Waals surface area contributed by atoms with Crippen LogP contribution in [-0.4, -0.2) is 24.5 Å². The molecular formula is C12H17N. The van der Waals surface area contributed by atoms with Gasteiger partial charge in [-0.1, -0.05) is 37.3 Å². The Bertz CT molecular complexity index is 249. The molecule has 1 saturated heterocycles. The second-order valence-corrected chi connectivity index (χ2v) is 3.87. The van der Waals surface area contributed by atoms with Gasteiger partial charge in [0.1, 0.15) is 0 Å². The van der Waals surface area contributed by atoms with Crippen molar-refractivity contribution in [1.29, 1.82) is 0 Å². The number of rotatable bonds is 3. The summed E-state index contributed by atoms with van der Waals surface area (Å²) in [6.45, 7) is 6.04. The summed E-state index contributed by atoms with van der Waals surface area (Å²) in [6.07, 6.45) is 1.28. The first-order chi connectivity index (χ1) is 6.40. The fraction of sp³-hybridized carbons (Fsp3) is 0.500. The van der Waals surface area contributed by atoms with E-state index in [1.807, 2.05) is 0 Å². The summed E-state index contributed by atoms with van der Waals surface area (Å²) >= 11 is 0. The van der Waals surface area contributed by atoms with E-state index in [4.69, 9.17) is 0 Å². The van der Waals surface area contributed by atoms with Crippen LogP contribution in [-0.2, 0) is 0 Å². The molecule has 0 spiro atoms. The summed E-state index contributed by atoms with van der Waals surface area (Å²) in [5.41, 5.74) is 1.51. The molecule has 70 valence electrons. The third-order valence-electron chi connectivity index (χ3n) is 2.77. The molecule has 0 aromatic heterocycles. The number of nitrogens with zero attached hydrogens (tertiary/aromatic N) is 1. The van der Waals surface area contributed by atoms with Crippen LogP contribution >= 0.6 is 0 Å². The monoisotopic (exact) mass is 175 g/mol. The number of hydrogen-bond acceptors (Lipinski definition) is 1. The zero-order valence-corrected chi connectivity index (χ0v) is 8.24. The van der Waals surface area contributed by atoms with Crippen LogP contribution in [0, 0.1) is 0 Å². The maximum Gasteiger partial charge on any atom is 0.00936 e. The van der Waals surface area contributed by atoms with Gasteiger partial charge in [0.05, 0.1) is 0 Å². The van der Waals surface area contributed by atoms with Crippen molar-refractivity contribution in [3.63, 3.8) is 0 Å². The highest BCUT2D eigenvalue weighted by Crippen LogP contribution is 2.26. The zero-order chi connectivity index (χ0) is 9.10. The largest absolute Gasteiger partial charge is 0.302 e. The lowest BCUT2D eigenvalue weighted by atomic mass is 9.91. The van der Waals surface area contributed by atoms with Crippen LogP contribution in [0.25, 0.3) is 0 Å². The summed E-state index contributed by atoms with van der Waals surface area (Å²) in [4.78, 5) is 2.53. The molecule has 1 aromatic rings. The number of benzene rings is 1. The Morgan fingerprint density at radius 2 is 1.92 bits per heavy atom. The van der Waals surface area contributed by atoms with E-state index in [-0.39, 0.29) is 0 Å². The molecule has 13 heavy (non-hydrogen) atoms. The Morgan fingerprint density at radius 3 is 2.54 bits per heavy atom. The van der Waals surface area contributed by atoms with Gasteiger partial charge in [0, 0.05) is 19.0 Å². The molecular weight excluding hydrogens is 158 g/mol. The molecule has 2 rings (SSSR count). The Morgan fingerprint density at radius 1 is 1.23 bits per heavy atom. The third kappa shape index (κ3) is 1.92. The van der Waals surface area contributed by atoms with E-state index in [2.05, 4.69) is 42.2 Å². The summed E-state index contributed by atoms with van der Waals surface area (Å²) < 4.78 is 0. The predicted molar refractivity (Wildman–Crippen MR) is 55.9 cm³/mol. The van der Waals surface area contributed by atoms with Gasteiger partial charge in [-0.2, -0.15) is 0 Å². The zero-order valence-electron chi connectivity index (χ0n) is 8.24. The van der Waals surface area contributed by atoms with Crippen LogP contribution in [0.3, 0.4) is 0 Å². The van der Waals surface area contributed by atoms with Gasteiger partial charge in [0.15, 0.2) is 0 Å². The molecule has 1 nitrogen and oxygen atoms in total. The molecule has 1 heterocycles. The van der Waals surface area contributed by atoms with Crippen molar-refractivity contribution in [1.82, 2.24) is 4.90 Å². The molecule has 1 aliphatic rings. The van der Waals surface area contributed by atoms with E-state index in [9.17, 15) is 0 Å². The van der Waals surface area contributed by atoms with Crippen LogP contribution in [0.2, 0.25) is 0 Å². The summed E-state index contributed by atoms with van der Waals surface area (Å²) in [5.74, 6) is 0.799. The minimum absolute atomic E-state index is 0.799. The first-order valence-electron chi connectivity index (χ1n) is 5.17. The number of hydrogen-bond donors (Lipinski definition) is 0. The molecule has 0 aliphatic carbocycles. The molecule has 0 amide bonds. The van der Waals surface area contributed by atoms with Crippen LogP contribution in [0.1, 0.15) is 24.8 Å². The third-order valence-corrected chi connectivity index (χ3v) is 2.77. The normalized spacial score (nSPS) is 18.5. The first kappa shape index (κ1) is 8.76. The van der Waals surface area contributed by atoms with Crippen LogP contribution in [0.4, 0.5) is 0 Å². The van der Waals surface area contributed by atoms with Crippen molar-refractivity contribution < 1.29 is 0 Å². The van der Waals surface area contributed by atoms with Gasteiger partial charge < -0.3 is 4.90 Å². The van der Waals surface area contributed by atoms with Crippen molar-refractivity contribution in [3.05, 3.63) is 35.9 Å². The van der Waals surface area contributed by atoms with Crippen molar-refractivity contribution in [2.24, 2.45) is 0 Å². The molecule has 0 bridgehead atoms. The average Bonchev–Trinajstić information content (AvgIpc) is 2.12. The standard InChI is InChI=1S/C12H17N/c1-2-8-13-9-12(10-13)11-6-4-3-5-7-11/h3-7,12H,2,8-10H2,1H3. The van der Waals surface area contributed by atoms with E-state index in [1.54, 1.807) is 0 Å². The van der Waals surface area contributed by atoms with Gasteiger partial charge in [-0.05, 0) is 18.5 Å². The molecule has 1 aliphatic heterocycles. The average molecular weight is 175 g/mol. The Labute approximate surface area is 80.4 Å². The minimum Gasteiger partial charge on any atom is -0.302 e. The van der Waals surface area contributed by atoms with Crippen LogP contribution in [0.5, 0.6) is 0 Å². The molecule has 1 heteroatoms. The lowest BCUT2D eigenvalue weighted by Crippen LogP contribution is -2.45. The van der Waals surface area contributed by atoms with E-state index in [1.165, 1.54) is 31.6 Å². The lowest BCUT2D eigenvalue weighted by Gasteiger charge is -2.39. The smallest absolute Gasteiger partial charge is 0.00936 e. The SMILES string of the molecule is CCCN1CC(c2ccccc2)C1. The van der Waals surface area contributed by atoms with Gasteiger partial charge in [-0.3, -0.25) is 0 Å². The van der Waals surface area contributed by atoms with E-state index < -0.39 is 0 Å². The predicted octanol–water partition coefficient (Wildman–Crippen LogP) is 2.50. The highest BCUT2D eigenvalue weighted by molar-refractivity contribution is 5.22. The summed E-state index contributed by atoms with van der Waals surface area (Å²) in [5, 5.41) is 0. The molecule has 1 fully saturated rings. The van der Waals surface area contributed by atoms with Crippen molar-refractivity contribution >= 4 is 0 Å². The van der Waals surface area contributed by atoms with Gasteiger partial charge in [0.25, 0.3) is 0 Å². The second kappa shape index (κ2) is 3.93. The fourth-order valence-electron chi connectivity index (χ4n) is 2.00. The minimum atomic E-state index is 0.799. The fourth-order valence-corrected chi connectivity index (χ4v) is 2.00. The van der Waals surface area contributed by atoms with Gasteiger partial charge in [-0.25, -0.2) is 0 Å². The van der Waals surface area contributed by atoms with E-state index >= 15 is 0 Å². The number of likely N-dealkylation sites (tertiary alicyclic amines) is 1. The quantitative estimate of drug-likeness (QED) is 0.682. The molecule has 0 N–H and O–H groups in total. The van der Waals surface area contributed by atoms with Gasteiger partial charge in [-0.15, -0.1) is 0 Å². The molecule has 0 saturated carbocycles. The van der Waals surface area contributed by atoms with Crippen LogP contribution < -0.4 is 0 Å². The molecule has 0 atom stereocenters. The van der Waals surface area contributed by atoms with Gasteiger partial charge >= 0.3 is 0 Å². The summed E-state index contributed by atoms with van der Waals surface area (Å²) in [7, 11) is 0. The Hall–Kier alpha value is -0.820. The second-order valence-electron chi connectivity index (χ2n) is 3.87. The maximum absolute atomic E-state index is 2.53. The van der Waals surface area contributed by atoms with E-state index in [0.29, 0.717) is 0 Å². The Balaban J connectivity index is 1.87. The van der Waals surface area contributed by atoms with Crippen molar-refractivity contribution in [2.45, 2.75) is 19.3 Å². The Kier molecular flexibility index (Phi) is 2.65. The van der Waals surface area contributed by atoms with Gasteiger partial charge in [0.2, 0.25) is 0 Å². The highest BCUT2D eigenvalue weighted by Gasteiger charge is 2.26. The summed E-state index contributed by atoms with van der Waals surface area (Å²) in [6, 6.07) is 10.9. The lowest BCUT2D eigenvalue weighted by molar-refractivity contribution is 0.149. The van der Waals surface area contributed by atoms with Crippen molar-refractivity contribution in [2.75, 3.05) is 19.6 Å². The molecule has 0 radical (unpaired) electrons. The molecule has 1 aromatic carbocycles. The topological polar surface area (TPSA) is 3.24 Å². The van der Waals surface area contributed by atoms with Crippen LogP contribution in [0.15, 0.2) is 30.3 Å².